The first-order valence-corrected chi connectivity index (χ1v) is 11.7. The number of amides is 1. The molecule has 0 unspecified atom stereocenters. The fraction of sp³-hybridized carbons (Fsp3) is 0.259. The molecule has 0 aliphatic heterocycles. The van der Waals surface area contributed by atoms with Gasteiger partial charge in [0.2, 0.25) is 11.7 Å². The van der Waals surface area contributed by atoms with Crippen LogP contribution in [0, 0.1) is 5.41 Å². The normalized spacial score (nSPS) is 12.9. The molecule has 4 rings (SSSR count). The van der Waals surface area contributed by atoms with Crippen LogP contribution in [-0.2, 0) is 16.1 Å². The van der Waals surface area contributed by atoms with Gasteiger partial charge in [0.15, 0.2) is 0 Å². The van der Waals surface area contributed by atoms with E-state index in [-0.39, 0.29) is 36.9 Å². The molecule has 9 heteroatoms. The molecule has 9 nitrogen and oxygen atoms in total. The number of rotatable bonds is 9. The number of aliphatic carboxylic acids is 1. The Labute approximate surface area is 207 Å². The molecule has 3 aromatic rings. The SMILES string of the molecule is N=C(N)c1ccc2cc(OC(=O)c3ccc(CNC(=O)CC(CC(=O)O)=C4CCCC4)o3)ccc2c1. The second-order valence-corrected chi connectivity index (χ2v) is 8.73. The van der Waals surface area contributed by atoms with Crippen molar-refractivity contribution in [3.8, 4) is 5.75 Å². The molecule has 36 heavy (non-hydrogen) atoms. The molecule has 1 aliphatic carbocycles. The first-order valence-electron chi connectivity index (χ1n) is 11.7. The van der Waals surface area contributed by atoms with Gasteiger partial charge >= 0.3 is 11.9 Å². The Bertz CT molecular complexity index is 1360. The molecule has 0 bridgehead atoms. The quantitative estimate of drug-likeness (QED) is 0.115. The van der Waals surface area contributed by atoms with E-state index in [0.29, 0.717) is 22.6 Å². The standard InChI is InChI=1S/C27H27N3O6/c28-26(29)19-6-5-18-12-21(8-7-17(18)11-19)36-27(34)23-10-9-22(35-23)15-30-24(31)13-20(14-25(32)33)16-3-1-2-4-16/h5-12H,1-4,13-15H2,(H3,28,29)(H,30,31)(H,32,33). The lowest BCUT2D eigenvalue weighted by atomic mass is 10.00. The summed E-state index contributed by atoms with van der Waals surface area (Å²) in [6, 6.07) is 13.5. The monoisotopic (exact) mass is 489 g/mol. The average molecular weight is 490 g/mol. The highest BCUT2D eigenvalue weighted by molar-refractivity contribution is 5.99. The molecule has 0 atom stereocenters. The van der Waals surface area contributed by atoms with Gasteiger partial charge in [0.05, 0.1) is 13.0 Å². The van der Waals surface area contributed by atoms with Crippen molar-refractivity contribution in [2.75, 3.05) is 0 Å². The van der Waals surface area contributed by atoms with Crippen LogP contribution in [0.15, 0.2) is 64.1 Å². The minimum absolute atomic E-state index is 0.00841. The Balaban J connectivity index is 1.34. The van der Waals surface area contributed by atoms with Crippen LogP contribution >= 0.6 is 0 Å². The van der Waals surface area contributed by atoms with Crippen molar-refractivity contribution in [1.29, 1.82) is 5.41 Å². The molecule has 1 heterocycles. The van der Waals surface area contributed by atoms with Crippen molar-refractivity contribution in [2.24, 2.45) is 5.73 Å². The topological polar surface area (TPSA) is 156 Å². The van der Waals surface area contributed by atoms with Gasteiger partial charge in [-0.15, -0.1) is 0 Å². The average Bonchev–Trinajstić information content (AvgIpc) is 3.54. The number of nitrogen functional groups attached to an aromatic ring is 1. The number of esters is 1. The molecule has 2 aromatic carbocycles. The van der Waals surface area contributed by atoms with Gasteiger partial charge in [-0.3, -0.25) is 15.0 Å². The first kappa shape index (κ1) is 24.7. The lowest BCUT2D eigenvalue weighted by Gasteiger charge is -2.10. The number of benzene rings is 2. The van der Waals surface area contributed by atoms with Crippen LogP contribution in [0.25, 0.3) is 10.8 Å². The number of carbonyl (C=O) groups excluding carboxylic acids is 2. The maximum atomic E-state index is 12.5. The van der Waals surface area contributed by atoms with E-state index in [4.69, 9.17) is 20.3 Å². The number of carboxylic acid groups (broad SMARTS) is 1. The number of carboxylic acids is 1. The van der Waals surface area contributed by atoms with Gasteiger partial charge in [-0.25, -0.2) is 4.79 Å². The maximum absolute atomic E-state index is 12.5. The van der Waals surface area contributed by atoms with E-state index in [1.54, 1.807) is 42.5 Å². The Hall–Kier alpha value is -4.40. The number of hydrogen-bond donors (Lipinski definition) is 4. The second kappa shape index (κ2) is 10.9. The minimum Gasteiger partial charge on any atom is -0.481 e. The summed E-state index contributed by atoms with van der Waals surface area (Å²) >= 11 is 0. The summed E-state index contributed by atoms with van der Waals surface area (Å²) in [5.41, 5.74) is 7.88. The summed E-state index contributed by atoms with van der Waals surface area (Å²) in [6.07, 6.45) is 3.63. The minimum atomic E-state index is -0.946. The van der Waals surface area contributed by atoms with Gasteiger partial charge in [0.1, 0.15) is 17.3 Å². The lowest BCUT2D eigenvalue weighted by Crippen LogP contribution is -2.23. The third-order valence-electron chi connectivity index (χ3n) is 6.10. The summed E-state index contributed by atoms with van der Waals surface area (Å²) in [7, 11) is 0. The van der Waals surface area contributed by atoms with Gasteiger partial charge in [-0.05, 0) is 66.8 Å². The number of amidine groups is 1. The summed E-state index contributed by atoms with van der Waals surface area (Å²) in [5.74, 6) is -1.25. The van der Waals surface area contributed by atoms with Crippen LogP contribution in [0.1, 0.15) is 60.4 Å². The van der Waals surface area contributed by atoms with Crippen LogP contribution in [0.4, 0.5) is 0 Å². The molecule has 1 fully saturated rings. The van der Waals surface area contributed by atoms with E-state index in [1.165, 1.54) is 6.07 Å². The largest absolute Gasteiger partial charge is 0.481 e. The van der Waals surface area contributed by atoms with E-state index in [0.717, 1.165) is 42.0 Å². The molecule has 1 amide bonds. The second-order valence-electron chi connectivity index (χ2n) is 8.73. The molecule has 0 radical (unpaired) electrons. The molecule has 1 aliphatic rings. The van der Waals surface area contributed by atoms with Crippen molar-refractivity contribution in [2.45, 2.75) is 45.1 Å². The Kier molecular flexibility index (Phi) is 7.48. The number of fused-ring (bicyclic) bond motifs is 1. The molecule has 1 aromatic heterocycles. The van der Waals surface area contributed by atoms with E-state index in [2.05, 4.69) is 5.32 Å². The summed E-state index contributed by atoms with van der Waals surface area (Å²) in [6.45, 7) is 0.0657. The van der Waals surface area contributed by atoms with Gasteiger partial charge in [-0.2, -0.15) is 0 Å². The number of ether oxygens (including phenoxy) is 1. The maximum Gasteiger partial charge on any atom is 0.379 e. The molecule has 0 spiro atoms. The summed E-state index contributed by atoms with van der Waals surface area (Å²) in [5, 5.41) is 21.1. The van der Waals surface area contributed by atoms with E-state index in [9.17, 15) is 19.5 Å². The molecule has 1 saturated carbocycles. The number of allylic oxidation sites excluding steroid dienone is 1. The van der Waals surface area contributed by atoms with Gasteiger partial charge in [-0.1, -0.05) is 29.3 Å². The number of nitrogens with one attached hydrogen (secondary N) is 2. The van der Waals surface area contributed by atoms with Crippen molar-refractivity contribution in [3.05, 3.63) is 76.8 Å². The van der Waals surface area contributed by atoms with E-state index < -0.39 is 11.9 Å². The summed E-state index contributed by atoms with van der Waals surface area (Å²) < 4.78 is 11.0. The molecular formula is C27H27N3O6. The van der Waals surface area contributed by atoms with Crippen molar-refractivity contribution >= 4 is 34.5 Å². The highest BCUT2D eigenvalue weighted by Gasteiger charge is 2.19. The fourth-order valence-corrected chi connectivity index (χ4v) is 4.29. The molecule has 0 saturated heterocycles. The Morgan fingerprint density at radius 3 is 2.44 bits per heavy atom. The third kappa shape index (κ3) is 6.18. The van der Waals surface area contributed by atoms with E-state index in [1.807, 2.05) is 0 Å². The number of carbonyl (C=O) groups is 3. The van der Waals surface area contributed by atoms with Crippen LogP contribution in [-0.4, -0.2) is 28.8 Å². The van der Waals surface area contributed by atoms with Crippen LogP contribution in [0.3, 0.4) is 0 Å². The number of hydrogen-bond acceptors (Lipinski definition) is 6. The van der Waals surface area contributed by atoms with Gasteiger partial charge < -0.3 is 25.3 Å². The molecule has 186 valence electrons. The zero-order valence-electron chi connectivity index (χ0n) is 19.6. The van der Waals surface area contributed by atoms with Crippen molar-refractivity contribution in [3.63, 3.8) is 0 Å². The van der Waals surface area contributed by atoms with Crippen molar-refractivity contribution in [1.82, 2.24) is 5.32 Å². The zero-order valence-corrected chi connectivity index (χ0v) is 19.6. The first-order chi connectivity index (χ1) is 17.3. The Morgan fingerprint density at radius 1 is 1.00 bits per heavy atom. The molecule has 5 N–H and O–H groups in total. The zero-order chi connectivity index (χ0) is 25.7. The van der Waals surface area contributed by atoms with Gasteiger partial charge in [0.25, 0.3) is 0 Å². The highest BCUT2D eigenvalue weighted by atomic mass is 16.5. The van der Waals surface area contributed by atoms with E-state index >= 15 is 0 Å². The predicted molar refractivity (Wildman–Crippen MR) is 133 cm³/mol. The van der Waals surface area contributed by atoms with Gasteiger partial charge in [0, 0.05) is 12.0 Å². The smallest absolute Gasteiger partial charge is 0.379 e. The summed E-state index contributed by atoms with van der Waals surface area (Å²) in [4.78, 5) is 36.1. The van der Waals surface area contributed by atoms with Crippen molar-refractivity contribution < 1.29 is 28.6 Å². The lowest BCUT2D eigenvalue weighted by molar-refractivity contribution is -0.136. The third-order valence-corrected chi connectivity index (χ3v) is 6.10. The Morgan fingerprint density at radius 2 is 1.72 bits per heavy atom. The number of furan rings is 1. The highest BCUT2D eigenvalue weighted by Crippen LogP contribution is 2.30. The van der Waals surface area contributed by atoms with Crippen LogP contribution in [0.5, 0.6) is 5.75 Å². The van der Waals surface area contributed by atoms with Crippen LogP contribution in [0.2, 0.25) is 0 Å². The predicted octanol–water partition coefficient (Wildman–Crippen LogP) is 4.29. The molecular weight excluding hydrogens is 462 g/mol. The fourth-order valence-electron chi connectivity index (χ4n) is 4.29. The number of nitrogens with two attached hydrogens (primary N) is 1. The van der Waals surface area contributed by atoms with Crippen LogP contribution < -0.4 is 15.8 Å².